The Bertz CT molecular complexity index is 500. The van der Waals surface area contributed by atoms with E-state index in [2.05, 4.69) is 5.32 Å². The Labute approximate surface area is 130 Å². The molecule has 1 aromatic carbocycles. The first-order valence-electron chi connectivity index (χ1n) is 7.78. The van der Waals surface area contributed by atoms with Crippen LogP contribution in [-0.2, 0) is 9.53 Å². The zero-order chi connectivity index (χ0) is 16.0. The maximum Gasteiger partial charge on any atom is 0.223 e. The van der Waals surface area contributed by atoms with Gasteiger partial charge >= 0.3 is 0 Å². The van der Waals surface area contributed by atoms with Crippen molar-refractivity contribution in [3.8, 4) is 0 Å². The standard InChI is InChI=1S/C17H24FNO3/c1-22-10-9-17(7-2-3-8-17)19-16(21)12-15(20)13-5-4-6-14(18)11-13/h4-6,11,15,20H,2-3,7-10,12H2,1H3,(H,19,21). The fraction of sp³-hybridized carbons (Fsp3) is 0.588. The van der Waals surface area contributed by atoms with Gasteiger partial charge in [-0.15, -0.1) is 0 Å². The highest BCUT2D eigenvalue weighted by molar-refractivity contribution is 5.77. The number of aliphatic hydroxyl groups is 1. The third kappa shape index (κ3) is 4.52. The number of amides is 1. The molecule has 1 amide bonds. The summed E-state index contributed by atoms with van der Waals surface area (Å²) in [6.45, 7) is 0.604. The molecule has 22 heavy (non-hydrogen) atoms. The van der Waals surface area contributed by atoms with E-state index in [-0.39, 0.29) is 17.9 Å². The van der Waals surface area contributed by atoms with Gasteiger partial charge in [0.05, 0.1) is 12.5 Å². The van der Waals surface area contributed by atoms with Crippen molar-refractivity contribution in [1.82, 2.24) is 5.32 Å². The molecule has 1 aliphatic rings. The van der Waals surface area contributed by atoms with E-state index in [1.165, 1.54) is 18.2 Å². The Kier molecular flexibility index (Phi) is 5.91. The predicted molar refractivity (Wildman–Crippen MR) is 81.8 cm³/mol. The minimum Gasteiger partial charge on any atom is -0.388 e. The number of aliphatic hydroxyl groups excluding tert-OH is 1. The average molecular weight is 309 g/mol. The number of benzene rings is 1. The van der Waals surface area contributed by atoms with Crippen molar-refractivity contribution in [2.45, 2.75) is 50.2 Å². The first-order valence-corrected chi connectivity index (χ1v) is 7.78. The van der Waals surface area contributed by atoms with Gasteiger partial charge in [-0.25, -0.2) is 4.39 Å². The first-order chi connectivity index (χ1) is 10.5. The Morgan fingerprint density at radius 3 is 2.82 bits per heavy atom. The lowest BCUT2D eigenvalue weighted by molar-refractivity contribution is -0.125. The quantitative estimate of drug-likeness (QED) is 0.814. The summed E-state index contributed by atoms with van der Waals surface area (Å²) in [5.74, 6) is -0.612. The van der Waals surface area contributed by atoms with Gasteiger partial charge in [0.15, 0.2) is 0 Å². The molecule has 1 saturated carbocycles. The molecular formula is C17H24FNO3. The van der Waals surface area contributed by atoms with Crippen molar-refractivity contribution in [1.29, 1.82) is 0 Å². The highest BCUT2D eigenvalue weighted by Gasteiger charge is 2.35. The van der Waals surface area contributed by atoms with Crippen LogP contribution in [0.1, 0.15) is 50.2 Å². The summed E-state index contributed by atoms with van der Waals surface area (Å²) in [6.07, 6.45) is 3.81. The molecular weight excluding hydrogens is 285 g/mol. The van der Waals surface area contributed by atoms with Crippen LogP contribution in [0.15, 0.2) is 24.3 Å². The van der Waals surface area contributed by atoms with Gasteiger partial charge in [-0.05, 0) is 37.0 Å². The number of ether oxygens (including phenoxy) is 1. The van der Waals surface area contributed by atoms with Crippen molar-refractivity contribution in [3.63, 3.8) is 0 Å². The fourth-order valence-electron chi connectivity index (χ4n) is 3.14. The molecule has 0 radical (unpaired) electrons. The SMILES string of the molecule is COCCC1(NC(=O)CC(O)c2cccc(F)c2)CCCC1. The van der Waals surface area contributed by atoms with Gasteiger partial charge < -0.3 is 15.2 Å². The van der Waals surface area contributed by atoms with E-state index in [0.717, 1.165) is 32.1 Å². The minimum atomic E-state index is -0.989. The van der Waals surface area contributed by atoms with E-state index < -0.39 is 11.9 Å². The Balaban J connectivity index is 1.93. The van der Waals surface area contributed by atoms with Crippen molar-refractivity contribution < 1.29 is 19.0 Å². The van der Waals surface area contributed by atoms with E-state index in [1.54, 1.807) is 13.2 Å². The Morgan fingerprint density at radius 2 is 2.18 bits per heavy atom. The first kappa shape index (κ1) is 16.9. The van der Waals surface area contributed by atoms with Crippen LogP contribution in [0.4, 0.5) is 4.39 Å². The molecule has 1 fully saturated rings. The number of hydrogen-bond acceptors (Lipinski definition) is 3. The lowest BCUT2D eigenvalue weighted by Crippen LogP contribution is -2.47. The van der Waals surface area contributed by atoms with Gasteiger partial charge in [-0.2, -0.15) is 0 Å². The minimum absolute atomic E-state index is 0.0574. The van der Waals surface area contributed by atoms with E-state index in [9.17, 15) is 14.3 Å². The van der Waals surface area contributed by atoms with E-state index in [0.29, 0.717) is 12.2 Å². The molecule has 0 aromatic heterocycles. The maximum atomic E-state index is 13.2. The fourth-order valence-corrected chi connectivity index (χ4v) is 3.14. The van der Waals surface area contributed by atoms with E-state index in [1.807, 2.05) is 0 Å². The summed E-state index contributed by atoms with van der Waals surface area (Å²) in [5, 5.41) is 13.2. The van der Waals surface area contributed by atoms with Crippen LogP contribution in [0, 0.1) is 5.82 Å². The molecule has 0 heterocycles. The normalized spacial score (nSPS) is 18.1. The molecule has 122 valence electrons. The Hall–Kier alpha value is -1.46. The Morgan fingerprint density at radius 1 is 1.45 bits per heavy atom. The number of hydrogen-bond donors (Lipinski definition) is 2. The summed E-state index contributed by atoms with van der Waals surface area (Å²) in [7, 11) is 1.65. The second kappa shape index (κ2) is 7.70. The maximum absolute atomic E-state index is 13.2. The largest absolute Gasteiger partial charge is 0.388 e. The van der Waals surface area contributed by atoms with Crippen molar-refractivity contribution >= 4 is 5.91 Å². The topological polar surface area (TPSA) is 58.6 Å². The third-order valence-electron chi connectivity index (χ3n) is 4.36. The van der Waals surface area contributed by atoms with Crippen molar-refractivity contribution in [3.05, 3.63) is 35.6 Å². The number of nitrogens with one attached hydrogen (secondary N) is 1. The molecule has 5 heteroatoms. The van der Waals surface area contributed by atoms with Gasteiger partial charge in [-0.1, -0.05) is 25.0 Å². The van der Waals surface area contributed by atoms with Gasteiger partial charge in [0.2, 0.25) is 5.91 Å². The summed E-state index contributed by atoms with van der Waals surface area (Å²) < 4.78 is 18.3. The molecule has 0 saturated heterocycles. The monoisotopic (exact) mass is 309 g/mol. The lowest BCUT2D eigenvalue weighted by Gasteiger charge is -2.30. The van der Waals surface area contributed by atoms with Crippen LogP contribution < -0.4 is 5.32 Å². The zero-order valence-electron chi connectivity index (χ0n) is 13.0. The molecule has 2 N–H and O–H groups in total. The summed E-state index contributed by atoms with van der Waals surface area (Å²) in [4.78, 5) is 12.2. The van der Waals surface area contributed by atoms with Gasteiger partial charge in [-0.3, -0.25) is 4.79 Å². The molecule has 4 nitrogen and oxygen atoms in total. The van der Waals surface area contributed by atoms with Crippen LogP contribution in [0.3, 0.4) is 0 Å². The second-order valence-electron chi connectivity index (χ2n) is 6.05. The van der Waals surface area contributed by atoms with Gasteiger partial charge in [0.1, 0.15) is 5.82 Å². The van der Waals surface area contributed by atoms with Gasteiger partial charge in [0, 0.05) is 19.3 Å². The van der Waals surface area contributed by atoms with Crippen LogP contribution in [0.5, 0.6) is 0 Å². The zero-order valence-corrected chi connectivity index (χ0v) is 13.0. The molecule has 0 aliphatic heterocycles. The molecule has 1 atom stereocenters. The van der Waals surface area contributed by atoms with Crippen LogP contribution in [0.25, 0.3) is 0 Å². The highest BCUT2D eigenvalue weighted by atomic mass is 19.1. The predicted octanol–water partition coefficient (Wildman–Crippen LogP) is 2.71. The molecule has 0 spiro atoms. The van der Waals surface area contributed by atoms with Crippen molar-refractivity contribution in [2.75, 3.05) is 13.7 Å². The summed E-state index contributed by atoms with van der Waals surface area (Å²) in [6, 6.07) is 5.73. The van der Waals surface area contributed by atoms with Gasteiger partial charge in [0.25, 0.3) is 0 Å². The average Bonchev–Trinajstić information content (AvgIpc) is 2.93. The van der Waals surface area contributed by atoms with E-state index >= 15 is 0 Å². The van der Waals surface area contributed by atoms with Crippen LogP contribution in [-0.4, -0.2) is 30.3 Å². The molecule has 1 aliphatic carbocycles. The summed E-state index contributed by atoms with van der Waals surface area (Å²) in [5.41, 5.74) is 0.210. The smallest absolute Gasteiger partial charge is 0.223 e. The number of halogens is 1. The van der Waals surface area contributed by atoms with Crippen LogP contribution >= 0.6 is 0 Å². The molecule has 0 bridgehead atoms. The third-order valence-corrected chi connectivity index (χ3v) is 4.36. The number of rotatable bonds is 7. The second-order valence-corrected chi connectivity index (χ2v) is 6.05. The number of methoxy groups -OCH3 is 1. The molecule has 1 aromatic rings. The van der Waals surface area contributed by atoms with Crippen LogP contribution in [0.2, 0.25) is 0 Å². The van der Waals surface area contributed by atoms with E-state index in [4.69, 9.17) is 4.74 Å². The number of carbonyl (C=O) groups excluding carboxylic acids is 1. The highest BCUT2D eigenvalue weighted by Crippen LogP contribution is 2.33. The lowest BCUT2D eigenvalue weighted by atomic mass is 9.93. The number of carbonyl (C=O) groups is 1. The summed E-state index contributed by atoms with van der Waals surface area (Å²) >= 11 is 0. The molecule has 1 unspecified atom stereocenters. The van der Waals surface area contributed by atoms with Crippen molar-refractivity contribution in [2.24, 2.45) is 0 Å². The molecule has 2 rings (SSSR count).